The number of aromatic hydroxyl groups is 1. The van der Waals surface area contributed by atoms with Gasteiger partial charge in [0.05, 0.1) is 26.5 Å². The molecule has 1 saturated heterocycles. The van der Waals surface area contributed by atoms with E-state index in [0.717, 1.165) is 18.7 Å². The molecule has 0 aliphatic carbocycles. The molecule has 0 radical (unpaired) electrons. The molecule has 1 fully saturated rings. The van der Waals surface area contributed by atoms with E-state index in [9.17, 15) is 5.11 Å². The molecule has 1 aliphatic heterocycles. The number of morpholine rings is 1. The van der Waals surface area contributed by atoms with Gasteiger partial charge in [-0.2, -0.15) is 20.1 Å². The fourth-order valence-corrected chi connectivity index (χ4v) is 2.45. The molecule has 2 aromatic rings. The maximum Gasteiger partial charge on any atom is 0.250 e. The van der Waals surface area contributed by atoms with Gasteiger partial charge in [-0.15, -0.1) is 0 Å². The molecule has 10 heteroatoms. The maximum atomic E-state index is 9.64. The van der Waals surface area contributed by atoms with Gasteiger partial charge >= 0.3 is 0 Å². The molecule has 1 aliphatic rings. The first-order valence-electron chi connectivity index (χ1n) is 8.49. The molecule has 0 amide bonds. The van der Waals surface area contributed by atoms with Gasteiger partial charge in [-0.05, 0) is 23.8 Å². The summed E-state index contributed by atoms with van der Waals surface area (Å²) in [4.78, 5) is 17.2. The van der Waals surface area contributed by atoms with Crippen LogP contribution in [-0.2, 0) is 4.74 Å². The van der Waals surface area contributed by atoms with Crippen LogP contribution in [0.3, 0.4) is 0 Å². The lowest BCUT2D eigenvalue weighted by Crippen LogP contribution is -2.37. The van der Waals surface area contributed by atoms with E-state index in [4.69, 9.17) is 9.47 Å². The number of rotatable bonds is 6. The van der Waals surface area contributed by atoms with Crippen molar-refractivity contribution in [3.63, 3.8) is 0 Å². The fourth-order valence-electron chi connectivity index (χ4n) is 2.45. The van der Waals surface area contributed by atoms with Gasteiger partial charge in [-0.3, -0.25) is 0 Å². The molecular weight excluding hydrogens is 350 g/mol. The number of phenols is 1. The summed E-state index contributed by atoms with van der Waals surface area (Å²) in [5, 5.41) is 13.8. The highest BCUT2D eigenvalue weighted by Crippen LogP contribution is 2.25. The average molecular weight is 373 g/mol. The van der Waals surface area contributed by atoms with Crippen molar-refractivity contribution >= 4 is 24.1 Å². The van der Waals surface area contributed by atoms with E-state index in [1.54, 1.807) is 24.4 Å². The Morgan fingerprint density at radius 2 is 2.04 bits per heavy atom. The number of phenolic OH excluding ortho intramolecular Hbond substituents is 1. The van der Waals surface area contributed by atoms with Crippen LogP contribution >= 0.6 is 0 Å². The zero-order valence-electron chi connectivity index (χ0n) is 15.6. The molecule has 0 unspecified atom stereocenters. The number of hydrazone groups is 1. The maximum absolute atomic E-state index is 9.64. The number of ether oxygens (including phenoxy) is 2. The second-order valence-electron chi connectivity index (χ2n) is 6.05. The largest absolute Gasteiger partial charge is 0.504 e. The number of nitrogens with zero attached hydrogens (tertiary/aromatic N) is 6. The van der Waals surface area contributed by atoms with Crippen LogP contribution in [0.1, 0.15) is 5.56 Å². The first-order valence-corrected chi connectivity index (χ1v) is 8.49. The summed E-state index contributed by atoms with van der Waals surface area (Å²) in [6.07, 6.45) is 1.59. The second-order valence-corrected chi connectivity index (χ2v) is 6.05. The van der Waals surface area contributed by atoms with Crippen molar-refractivity contribution in [3.8, 4) is 11.5 Å². The van der Waals surface area contributed by atoms with Gasteiger partial charge in [0.15, 0.2) is 11.5 Å². The van der Waals surface area contributed by atoms with E-state index < -0.39 is 0 Å². The van der Waals surface area contributed by atoms with Gasteiger partial charge in [-0.1, -0.05) is 0 Å². The summed E-state index contributed by atoms with van der Waals surface area (Å²) in [6.45, 7) is 2.75. The lowest BCUT2D eigenvalue weighted by atomic mass is 10.2. The highest BCUT2D eigenvalue weighted by molar-refractivity contribution is 5.81. The molecule has 1 aromatic carbocycles. The van der Waals surface area contributed by atoms with E-state index in [1.807, 2.05) is 19.0 Å². The standard InChI is InChI=1S/C17H23N7O3/c1-23(2)16-19-15(20-17(21-16)24-6-8-27-9-7-24)22-18-11-12-4-5-13(25)14(10-12)26-3/h4-5,10-11,25H,6-9H2,1-3H3,(H,19,20,21,22)/b18-11-. The van der Waals surface area contributed by atoms with Gasteiger partial charge in [0.2, 0.25) is 17.8 Å². The Kier molecular flexibility index (Phi) is 5.87. The fraction of sp³-hybridized carbons (Fsp3) is 0.412. The predicted molar refractivity (Wildman–Crippen MR) is 103 cm³/mol. The van der Waals surface area contributed by atoms with Gasteiger partial charge in [0.1, 0.15) is 0 Å². The highest BCUT2D eigenvalue weighted by atomic mass is 16.5. The Bertz CT molecular complexity index is 807. The van der Waals surface area contributed by atoms with E-state index in [0.29, 0.717) is 36.8 Å². The first kappa shape index (κ1) is 18.6. The van der Waals surface area contributed by atoms with E-state index in [1.165, 1.54) is 7.11 Å². The van der Waals surface area contributed by atoms with Gasteiger partial charge in [0, 0.05) is 27.2 Å². The topological polar surface area (TPSA) is 108 Å². The Hall–Kier alpha value is -3.14. The Morgan fingerprint density at radius 1 is 1.26 bits per heavy atom. The smallest absolute Gasteiger partial charge is 0.250 e. The van der Waals surface area contributed by atoms with Crippen LogP contribution in [0, 0.1) is 0 Å². The third kappa shape index (κ3) is 4.73. The molecule has 1 aromatic heterocycles. The first-order chi connectivity index (χ1) is 13.1. The van der Waals surface area contributed by atoms with Crippen LogP contribution in [0.5, 0.6) is 11.5 Å². The summed E-state index contributed by atoms with van der Waals surface area (Å²) in [5.41, 5.74) is 3.60. The molecule has 144 valence electrons. The molecule has 2 N–H and O–H groups in total. The van der Waals surface area contributed by atoms with Gasteiger partial charge < -0.3 is 24.4 Å². The Morgan fingerprint density at radius 3 is 2.74 bits per heavy atom. The summed E-state index contributed by atoms with van der Waals surface area (Å²) in [5.74, 6) is 1.92. The SMILES string of the molecule is COc1cc(/C=N\Nc2nc(N(C)C)nc(N3CCOCC3)n2)ccc1O. The normalized spacial score (nSPS) is 14.4. The third-order valence-corrected chi connectivity index (χ3v) is 3.89. The minimum absolute atomic E-state index is 0.0749. The number of nitrogens with one attached hydrogen (secondary N) is 1. The van der Waals surface area contributed by atoms with Crippen LogP contribution in [0.4, 0.5) is 17.8 Å². The molecular formula is C17H23N7O3. The minimum Gasteiger partial charge on any atom is -0.504 e. The van der Waals surface area contributed by atoms with E-state index in [-0.39, 0.29) is 5.75 Å². The quantitative estimate of drug-likeness (QED) is 0.565. The monoisotopic (exact) mass is 373 g/mol. The molecule has 0 atom stereocenters. The molecule has 0 spiro atoms. The van der Waals surface area contributed by atoms with Gasteiger partial charge in [0.25, 0.3) is 0 Å². The molecule has 0 saturated carbocycles. The van der Waals surface area contributed by atoms with Crippen molar-refractivity contribution in [3.05, 3.63) is 23.8 Å². The summed E-state index contributed by atoms with van der Waals surface area (Å²) in [7, 11) is 5.23. The zero-order chi connectivity index (χ0) is 19.2. The lowest BCUT2D eigenvalue weighted by molar-refractivity contribution is 0.122. The van der Waals surface area contributed by atoms with E-state index in [2.05, 4.69) is 30.4 Å². The summed E-state index contributed by atoms with van der Waals surface area (Å²) in [6, 6.07) is 4.95. The number of methoxy groups -OCH3 is 1. The van der Waals surface area contributed by atoms with Crippen LogP contribution in [-0.4, -0.2) is 73.8 Å². The summed E-state index contributed by atoms with van der Waals surface area (Å²) >= 11 is 0. The number of aromatic nitrogens is 3. The van der Waals surface area contributed by atoms with Crippen LogP contribution in [0.2, 0.25) is 0 Å². The average Bonchev–Trinajstić information content (AvgIpc) is 2.69. The van der Waals surface area contributed by atoms with Crippen molar-refractivity contribution < 1.29 is 14.6 Å². The molecule has 27 heavy (non-hydrogen) atoms. The summed E-state index contributed by atoms with van der Waals surface area (Å²) < 4.78 is 10.5. The zero-order valence-corrected chi connectivity index (χ0v) is 15.6. The molecule has 10 nitrogen and oxygen atoms in total. The van der Waals surface area contributed by atoms with Crippen molar-refractivity contribution in [2.24, 2.45) is 5.10 Å². The molecule has 0 bridgehead atoms. The van der Waals surface area contributed by atoms with Gasteiger partial charge in [-0.25, -0.2) is 5.43 Å². The number of anilines is 3. The minimum atomic E-state index is 0.0749. The third-order valence-electron chi connectivity index (χ3n) is 3.89. The van der Waals surface area contributed by atoms with Crippen molar-refractivity contribution in [2.75, 3.05) is 62.7 Å². The van der Waals surface area contributed by atoms with Crippen LogP contribution in [0.25, 0.3) is 0 Å². The number of hydrogen-bond donors (Lipinski definition) is 2. The Labute approximate surface area is 157 Å². The van der Waals surface area contributed by atoms with Crippen molar-refractivity contribution in [1.82, 2.24) is 15.0 Å². The number of hydrogen-bond acceptors (Lipinski definition) is 10. The van der Waals surface area contributed by atoms with Crippen molar-refractivity contribution in [2.45, 2.75) is 0 Å². The Balaban J connectivity index is 1.78. The highest BCUT2D eigenvalue weighted by Gasteiger charge is 2.17. The lowest BCUT2D eigenvalue weighted by Gasteiger charge is -2.27. The van der Waals surface area contributed by atoms with Crippen molar-refractivity contribution in [1.29, 1.82) is 0 Å². The molecule has 3 rings (SSSR count). The molecule has 2 heterocycles. The predicted octanol–water partition coefficient (Wildman–Crippen LogP) is 0.934. The van der Waals surface area contributed by atoms with E-state index >= 15 is 0 Å². The van der Waals surface area contributed by atoms with Crippen LogP contribution < -0.4 is 20.0 Å². The number of benzene rings is 1. The second kappa shape index (κ2) is 8.49. The van der Waals surface area contributed by atoms with Crippen LogP contribution in [0.15, 0.2) is 23.3 Å².